The number of hydrogen-bond acceptors (Lipinski definition) is 2. The second-order valence-corrected chi connectivity index (χ2v) is 5.99. The molecular formula is C17H30O2. The van der Waals surface area contributed by atoms with E-state index in [1.54, 1.807) is 0 Å². The highest BCUT2D eigenvalue weighted by molar-refractivity contribution is 5.68. The number of ether oxygens (including phenoxy) is 1. The molecule has 2 heteroatoms. The van der Waals surface area contributed by atoms with E-state index in [9.17, 15) is 4.79 Å². The van der Waals surface area contributed by atoms with Crippen molar-refractivity contribution in [1.82, 2.24) is 0 Å². The highest BCUT2D eigenvalue weighted by Crippen LogP contribution is 2.30. The number of hydrogen-bond donors (Lipinski definition) is 0. The number of carbonyl (C=O) groups is 1. The standard InChI is InChI=1S/C17H30O2/c1-4-5-6-7-8-9-10-11-12-16-13-15(2)17(3,14-18)19-16/h13-14,16H,4-12H2,1-3H3. The Balaban J connectivity index is 2.04. The first-order valence-electron chi connectivity index (χ1n) is 7.95. The molecule has 1 aliphatic rings. The van der Waals surface area contributed by atoms with Crippen LogP contribution < -0.4 is 0 Å². The van der Waals surface area contributed by atoms with Crippen LogP contribution >= 0.6 is 0 Å². The molecule has 0 aromatic carbocycles. The van der Waals surface area contributed by atoms with E-state index < -0.39 is 5.60 Å². The van der Waals surface area contributed by atoms with Gasteiger partial charge in [0.2, 0.25) is 0 Å². The smallest absolute Gasteiger partial charge is 0.155 e. The quantitative estimate of drug-likeness (QED) is 0.322. The minimum atomic E-state index is -0.662. The fourth-order valence-electron chi connectivity index (χ4n) is 2.63. The zero-order chi connectivity index (χ0) is 14.1. The lowest BCUT2D eigenvalue weighted by molar-refractivity contribution is -0.125. The van der Waals surface area contributed by atoms with Crippen molar-refractivity contribution in [2.24, 2.45) is 0 Å². The Morgan fingerprint density at radius 2 is 1.74 bits per heavy atom. The first kappa shape index (κ1) is 16.4. The van der Waals surface area contributed by atoms with Gasteiger partial charge in [-0.15, -0.1) is 0 Å². The summed E-state index contributed by atoms with van der Waals surface area (Å²) >= 11 is 0. The zero-order valence-electron chi connectivity index (χ0n) is 12.9. The molecule has 1 aliphatic heterocycles. The third-order valence-corrected chi connectivity index (χ3v) is 4.18. The number of aldehydes is 1. The van der Waals surface area contributed by atoms with Gasteiger partial charge in [-0.25, -0.2) is 0 Å². The number of carbonyl (C=O) groups excluding carboxylic acids is 1. The molecule has 0 aromatic heterocycles. The lowest BCUT2D eigenvalue weighted by Gasteiger charge is -2.20. The average molecular weight is 266 g/mol. The average Bonchev–Trinajstić information content (AvgIpc) is 2.69. The lowest BCUT2D eigenvalue weighted by Crippen LogP contribution is -2.29. The zero-order valence-corrected chi connectivity index (χ0v) is 12.9. The first-order chi connectivity index (χ1) is 9.12. The Kier molecular flexibility index (Phi) is 7.37. The highest BCUT2D eigenvalue weighted by Gasteiger charge is 2.35. The van der Waals surface area contributed by atoms with Gasteiger partial charge in [0, 0.05) is 0 Å². The van der Waals surface area contributed by atoms with Crippen LogP contribution in [0.5, 0.6) is 0 Å². The molecule has 0 saturated carbocycles. The van der Waals surface area contributed by atoms with Gasteiger partial charge >= 0.3 is 0 Å². The van der Waals surface area contributed by atoms with Crippen molar-refractivity contribution in [2.45, 2.75) is 90.3 Å². The van der Waals surface area contributed by atoms with E-state index >= 15 is 0 Å². The van der Waals surface area contributed by atoms with Crippen molar-refractivity contribution in [3.63, 3.8) is 0 Å². The molecule has 0 amide bonds. The Morgan fingerprint density at radius 1 is 1.16 bits per heavy atom. The van der Waals surface area contributed by atoms with Crippen molar-refractivity contribution < 1.29 is 9.53 Å². The Hall–Kier alpha value is -0.630. The van der Waals surface area contributed by atoms with Crippen molar-refractivity contribution >= 4 is 6.29 Å². The third kappa shape index (κ3) is 5.48. The lowest BCUT2D eigenvalue weighted by atomic mass is 10.0. The normalized spacial score (nSPS) is 26.5. The minimum Gasteiger partial charge on any atom is -0.356 e. The molecule has 1 rings (SSSR count). The summed E-state index contributed by atoms with van der Waals surface area (Å²) in [5, 5.41) is 0. The molecule has 0 fully saturated rings. The SMILES string of the molecule is CCCCCCCCCCC1C=C(C)C(C)(C=O)O1. The van der Waals surface area contributed by atoms with Gasteiger partial charge in [-0.1, -0.05) is 64.4 Å². The number of rotatable bonds is 10. The van der Waals surface area contributed by atoms with Crippen LogP contribution in [0.1, 0.15) is 78.6 Å². The van der Waals surface area contributed by atoms with Crippen LogP contribution in [0, 0.1) is 0 Å². The van der Waals surface area contributed by atoms with Crippen LogP contribution in [0.2, 0.25) is 0 Å². The summed E-state index contributed by atoms with van der Waals surface area (Å²) in [6.07, 6.45) is 14.9. The van der Waals surface area contributed by atoms with Crippen molar-refractivity contribution in [3.05, 3.63) is 11.6 Å². The van der Waals surface area contributed by atoms with Gasteiger partial charge in [-0.2, -0.15) is 0 Å². The Labute approximate surface area is 118 Å². The van der Waals surface area contributed by atoms with Gasteiger partial charge in [0.15, 0.2) is 6.29 Å². The van der Waals surface area contributed by atoms with E-state index in [1.807, 2.05) is 13.8 Å². The summed E-state index contributed by atoms with van der Waals surface area (Å²) in [4.78, 5) is 11.0. The third-order valence-electron chi connectivity index (χ3n) is 4.18. The fraction of sp³-hybridized carbons (Fsp3) is 0.824. The minimum absolute atomic E-state index is 0.148. The summed E-state index contributed by atoms with van der Waals surface area (Å²) in [6.45, 7) is 6.10. The summed E-state index contributed by atoms with van der Waals surface area (Å²) in [7, 11) is 0. The van der Waals surface area contributed by atoms with Crippen molar-refractivity contribution in [1.29, 1.82) is 0 Å². The molecule has 0 radical (unpaired) electrons. The van der Waals surface area contributed by atoms with Crippen LogP contribution in [0.25, 0.3) is 0 Å². The fourth-order valence-corrected chi connectivity index (χ4v) is 2.63. The van der Waals surface area contributed by atoms with Crippen molar-refractivity contribution in [3.8, 4) is 0 Å². The van der Waals surface area contributed by atoms with Gasteiger partial charge < -0.3 is 4.74 Å². The summed E-state index contributed by atoms with van der Waals surface area (Å²) < 4.78 is 5.81. The molecule has 0 spiro atoms. The molecule has 1 heterocycles. The Bertz CT molecular complexity index is 296. The highest BCUT2D eigenvalue weighted by atomic mass is 16.5. The second kappa shape index (κ2) is 8.52. The second-order valence-electron chi connectivity index (χ2n) is 5.99. The topological polar surface area (TPSA) is 26.3 Å². The van der Waals surface area contributed by atoms with E-state index in [0.717, 1.165) is 18.3 Å². The van der Waals surface area contributed by atoms with Crippen LogP contribution in [-0.2, 0) is 9.53 Å². The summed E-state index contributed by atoms with van der Waals surface area (Å²) in [6, 6.07) is 0. The van der Waals surface area contributed by atoms with E-state index in [4.69, 9.17) is 4.74 Å². The predicted molar refractivity (Wildman–Crippen MR) is 80.3 cm³/mol. The van der Waals surface area contributed by atoms with Gasteiger partial charge in [0.1, 0.15) is 5.60 Å². The van der Waals surface area contributed by atoms with Crippen LogP contribution in [0.3, 0.4) is 0 Å². The molecule has 2 atom stereocenters. The summed E-state index contributed by atoms with van der Waals surface area (Å²) in [5.41, 5.74) is 0.400. The van der Waals surface area contributed by atoms with Gasteiger partial charge in [-0.05, 0) is 25.8 Å². The number of unbranched alkanes of at least 4 members (excludes halogenated alkanes) is 7. The summed E-state index contributed by atoms with van der Waals surface area (Å²) in [5.74, 6) is 0. The van der Waals surface area contributed by atoms with E-state index in [2.05, 4.69) is 13.0 Å². The molecule has 0 saturated heterocycles. The molecule has 2 nitrogen and oxygen atoms in total. The maximum absolute atomic E-state index is 11.0. The van der Waals surface area contributed by atoms with E-state index in [1.165, 1.54) is 51.4 Å². The predicted octanol–water partition coefficient (Wildman–Crippen LogP) is 4.82. The van der Waals surface area contributed by atoms with E-state index in [-0.39, 0.29) is 6.10 Å². The molecule has 0 aliphatic carbocycles. The molecule has 0 N–H and O–H groups in total. The molecule has 2 unspecified atom stereocenters. The maximum Gasteiger partial charge on any atom is 0.155 e. The monoisotopic (exact) mass is 266 g/mol. The first-order valence-corrected chi connectivity index (χ1v) is 7.95. The van der Waals surface area contributed by atoms with Crippen LogP contribution in [0.4, 0.5) is 0 Å². The molecule has 110 valence electrons. The largest absolute Gasteiger partial charge is 0.356 e. The molecular weight excluding hydrogens is 236 g/mol. The molecule has 0 aromatic rings. The van der Waals surface area contributed by atoms with Crippen molar-refractivity contribution in [2.75, 3.05) is 0 Å². The van der Waals surface area contributed by atoms with Gasteiger partial charge in [-0.3, -0.25) is 4.79 Å². The maximum atomic E-state index is 11.0. The van der Waals surface area contributed by atoms with Crippen LogP contribution in [0.15, 0.2) is 11.6 Å². The molecule has 19 heavy (non-hydrogen) atoms. The van der Waals surface area contributed by atoms with Crippen LogP contribution in [-0.4, -0.2) is 18.0 Å². The molecule has 0 bridgehead atoms. The van der Waals surface area contributed by atoms with Gasteiger partial charge in [0.05, 0.1) is 6.10 Å². The Morgan fingerprint density at radius 3 is 2.26 bits per heavy atom. The van der Waals surface area contributed by atoms with E-state index in [0.29, 0.717) is 0 Å². The van der Waals surface area contributed by atoms with Gasteiger partial charge in [0.25, 0.3) is 0 Å².